The second-order valence-electron chi connectivity index (χ2n) is 10.1. The first kappa shape index (κ1) is 25.4. The summed E-state index contributed by atoms with van der Waals surface area (Å²) in [5.74, 6) is -0.623. The standard InChI is InChI=1S/C27H33N5O4/c1-16-9-6-7-12-28-23(33)17-10-8-11-18(13-17)24(34)30-26-29-21-15-19(27(2,3)36)14-20(22(21)32(16)26)25(35)31(4)5/h8,10-11,13-16,36H,6-7,9,12H2,1-5H3,(H,28,33)(H,29,30,34)/t16-/m0/s1. The van der Waals surface area contributed by atoms with Crippen molar-refractivity contribution in [3.05, 3.63) is 58.7 Å². The van der Waals surface area contributed by atoms with Crippen LogP contribution in [0, 0.1) is 0 Å². The average molecular weight is 492 g/mol. The van der Waals surface area contributed by atoms with E-state index in [4.69, 9.17) is 0 Å². The summed E-state index contributed by atoms with van der Waals surface area (Å²) in [6, 6.07) is 9.90. The fourth-order valence-corrected chi connectivity index (χ4v) is 4.50. The van der Waals surface area contributed by atoms with Crippen LogP contribution in [0.2, 0.25) is 0 Å². The Kier molecular flexibility index (Phi) is 6.86. The summed E-state index contributed by atoms with van der Waals surface area (Å²) in [6.07, 6.45) is 2.36. The highest BCUT2D eigenvalue weighted by molar-refractivity contribution is 6.22. The first-order chi connectivity index (χ1) is 17.0. The van der Waals surface area contributed by atoms with Crippen molar-refractivity contribution in [3.8, 4) is 0 Å². The predicted molar refractivity (Wildman–Crippen MR) is 140 cm³/mol. The lowest BCUT2D eigenvalue weighted by Gasteiger charge is -2.29. The van der Waals surface area contributed by atoms with Gasteiger partial charge in [-0.25, -0.2) is 0 Å². The summed E-state index contributed by atoms with van der Waals surface area (Å²) in [5.41, 5.74) is 1.74. The molecule has 1 atom stereocenters. The Hall–Kier alpha value is -3.72. The normalized spacial score (nSPS) is 19.8. The molecule has 2 bridgehead atoms. The number of nitrogens with zero attached hydrogens (tertiary/aromatic N) is 3. The number of carbonyl (C=O) groups is 3. The second kappa shape index (κ2) is 9.73. The third-order valence-electron chi connectivity index (χ3n) is 6.52. The molecule has 4 rings (SSSR count). The summed E-state index contributed by atoms with van der Waals surface area (Å²) in [7, 11) is 3.36. The number of aliphatic imine (C=N–C) groups is 1. The fraction of sp³-hybridized carbons (Fsp3) is 0.407. The number of carbonyl (C=O) groups excluding carboxylic acids is 3. The molecule has 0 radical (unpaired) electrons. The Balaban J connectivity index is 1.88. The zero-order chi connectivity index (χ0) is 26.2. The van der Waals surface area contributed by atoms with Crippen LogP contribution in [0.25, 0.3) is 0 Å². The first-order valence-electron chi connectivity index (χ1n) is 12.2. The predicted octanol–water partition coefficient (Wildman–Crippen LogP) is 3.35. The first-order valence-corrected chi connectivity index (χ1v) is 12.2. The number of benzene rings is 2. The third-order valence-corrected chi connectivity index (χ3v) is 6.52. The minimum atomic E-state index is -1.18. The molecule has 2 aliphatic heterocycles. The molecule has 2 heterocycles. The highest BCUT2D eigenvalue weighted by Gasteiger charge is 2.36. The summed E-state index contributed by atoms with van der Waals surface area (Å²) in [6.45, 7) is 5.88. The number of amides is 3. The molecule has 3 N–H and O–H groups in total. The Morgan fingerprint density at radius 2 is 1.86 bits per heavy atom. The molecule has 0 fully saturated rings. The van der Waals surface area contributed by atoms with E-state index in [2.05, 4.69) is 15.6 Å². The third kappa shape index (κ3) is 4.97. The molecule has 190 valence electrons. The van der Waals surface area contributed by atoms with Crippen LogP contribution < -0.4 is 15.5 Å². The number of aliphatic hydroxyl groups is 1. The number of anilines is 2. The quantitative estimate of drug-likeness (QED) is 0.594. The number of nitrogens with one attached hydrogen (secondary N) is 2. The van der Waals surface area contributed by atoms with Crippen LogP contribution in [0.1, 0.15) is 76.7 Å². The van der Waals surface area contributed by atoms with Crippen molar-refractivity contribution in [2.24, 2.45) is 4.99 Å². The van der Waals surface area contributed by atoms with E-state index in [9.17, 15) is 19.5 Å². The zero-order valence-corrected chi connectivity index (χ0v) is 21.4. The molecule has 0 aliphatic carbocycles. The molecule has 2 aliphatic rings. The number of guanidine groups is 1. The molecule has 3 amide bonds. The van der Waals surface area contributed by atoms with Gasteiger partial charge in [-0.3, -0.25) is 14.4 Å². The summed E-state index contributed by atoms with van der Waals surface area (Å²) >= 11 is 0. The molecule has 9 nitrogen and oxygen atoms in total. The van der Waals surface area contributed by atoms with Gasteiger partial charge < -0.3 is 25.5 Å². The van der Waals surface area contributed by atoms with Gasteiger partial charge in [0.15, 0.2) is 0 Å². The van der Waals surface area contributed by atoms with E-state index in [-0.39, 0.29) is 17.9 Å². The van der Waals surface area contributed by atoms with Gasteiger partial charge in [0.25, 0.3) is 17.7 Å². The van der Waals surface area contributed by atoms with E-state index < -0.39 is 11.5 Å². The molecule has 2 aromatic rings. The van der Waals surface area contributed by atoms with Crippen LogP contribution in [0.3, 0.4) is 0 Å². The van der Waals surface area contributed by atoms with E-state index in [0.29, 0.717) is 46.1 Å². The van der Waals surface area contributed by atoms with Crippen LogP contribution in [0.5, 0.6) is 0 Å². The second-order valence-corrected chi connectivity index (χ2v) is 10.1. The van der Waals surface area contributed by atoms with Crippen molar-refractivity contribution >= 4 is 35.1 Å². The molecular formula is C27H33N5O4. The van der Waals surface area contributed by atoms with Crippen molar-refractivity contribution in [1.82, 2.24) is 10.2 Å². The minimum absolute atomic E-state index is 0.100. The molecule has 2 aromatic carbocycles. The topological polar surface area (TPSA) is 114 Å². The largest absolute Gasteiger partial charge is 0.386 e. The molecule has 0 saturated heterocycles. The van der Waals surface area contributed by atoms with Gasteiger partial charge in [0, 0.05) is 37.8 Å². The Morgan fingerprint density at radius 3 is 2.56 bits per heavy atom. The van der Waals surface area contributed by atoms with Gasteiger partial charge in [-0.1, -0.05) is 6.07 Å². The van der Waals surface area contributed by atoms with E-state index in [1.54, 1.807) is 58.3 Å². The highest BCUT2D eigenvalue weighted by atomic mass is 16.3. The lowest BCUT2D eigenvalue weighted by Crippen LogP contribution is -2.40. The highest BCUT2D eigenvalue weighted by Crippen LogP contribution is 2.41. The van der Waals surface area contributed by atoms with Gasteiger partial charge in [0.1, 0.15) is 0 Å². The van der Waals surface area contributed by atoms with Gasteiger partial charge in [0.2, 0.25) is 5.96 Å². The summed E-state index contributed by atoms with van der Waals surface area (Å²) in [4.78, 5) is 46.8. The van der Waals surface area contributed by atoms with E-state index >= 15 is 0 Å². The van der Waals surface area contributed by atoms with Crippen LogP contribution >= 0.6 is 0 Å². The lowest BCUT2D eigenvalue weighted by molar-refractivity contribution is 0.0779. The van der Waals surface area contributed by atoms with Gasteiger partial charge in [-0.15, -0.1) is 0 Å². The molecule has 36 heavy (non-hydrogen) atoms. The monoisotopic (exact) mass is 491 g/mol. The maximum Gasteiger partial charge on any atom is 0.280 e. The van der Waals surface area contributed by atoms with Gasteiger partial charge in [-0.2, -0.15) is 4.99 Å². The van der Waals surface area contributed by atoms with Crippen LogP contribution in [0.4, 0.5) is 11.4 Å². The number of rotatable bonds is 2. The van der Waals surface area contributed by atoms with Gasteiger partial charge >= 0.3 is 0 Å². The number of fused-ring (bicyclic) bond motifs is 5. The zero-order valence-electron chi connectivity index (χ0n) is 21.4. The summed E-state index contributed by atoms with van der Waals surface area (Å²) in [5, 5.41) is 16.9. The molecular weight excluding hydrogens is 458 g/mol. The van der Waals surface area contributed by atoms with Crippen LogP contribution in [0.15, 0.2) is 41.4 Å². The summed E-state index contributed by atoms with van der Waals surface area (Å²) < 4.78 is 0. The average Bonchev–Trinajstić information content (AvgIpc) is 3.19. The van der Waals surface area contributed by atoms with Gasteiger partial charge in [0.05, 0.1) is 22.5 Å². The van der Waals surface area contributed by atoms with E-state index in [0.717, 1.165) is 19.3 Å². The SMILES string of the molecule is C[C@H]1CCCCNC(=O)c2cccc(c2)C(=O)/N=C2\Nc3cc(C(C)(C)O)cc(C(=O)N(C)C)c3N21. The Morgan fingerprint density at radius 1 is 1.14 bits per heavy atom. The lowest BCUT2D eigenvalue weighted by atomic mass is 9.93. The number of hydrogen-bond donors (Lipinski definition) is 3. The molecule has 0 aromatic heterocycles. The van der Waals surface area contributed by atoms with Crippen molar-refractivity contribution < 1.29 is 19.5 Å². The number of hydrogen-bond acceptors (Lipinski definition) is 6. The maximum absolute atomic E-state index is 13.3. The fourth-order valence-electron chi connectivity index (χ4n) is 4.50. The molecule has 9 heteroatoms. The molecule has 0 unspecified atom stereocenters. The maximum atomic E-state index is 13.3. The molecule has 0 saturated carbocycles. The van der Waals surface area contributed by atoms with Crippen LogP contribution in [-0.4, -0.2) is 60.4 Å². The van der Waals surface area contributed by atoms with E-state index in [1.807, 2.05) is 11.8 Å². The van der Waals surface area contributed by atoms with Crippen molar-refractivity contribution in [3.63, 3.8) is 0 Å². The van der Waals surface area contributed by atoms with Crippen molar-refractivity contribution in [2.45, 2.75) is 51.7 Å². The smallest absolute Gasteiger partial charge is 0.280 e. The Labute approximate surface area is 211 Å². The van der Waals surface area contributed by atoms with E-state index in [1.165, 1.54) is 11.0 Å². The molecule has 0 spiro atoms. The minimum Gasteiger partial charge on any atom is -0.386 e. The van der Waals surface area contributed by atoms with Crippen molar-refractivity contribution in [1.29, 1.82) is 0 Å². The van der Waals surface area contributed by atoms with Gasteiger partial charge in [-0.05, 0) is 75.9 Å². The van der Waals surface area contributed by atoms with Crippen LogP contribution in [-0.2, 0) is 5.60 Å². The Bertz CT molecular complexity index is 1250. The van der Waals surface area contributed by atoms with Crippen molar-refractivity contribution in [2.75, 3.05) is 30.9 Å².